The second kappa shape index (κ2) is 5.54. The lowest BCUT2D eigenvalue weighted by Crippen LogP contribution is -2.14. The number of ether oxygens (including phenoxy) is 1. The Morgan fingerprint density at radius 3 is 2.40 bits per heavy atom. The van der Waals surface area contributed by atoms with Crippen LogP contribution in [0.2, 0.25) is 0 Å². The molecule has 2 aromatic rings. The number of hydrogen-bond donors (Lipinski definition) is 1. The van der Waals surface area contributed by atoms with E-state index in [0.717, 1.165) is 11.1 Å². The first-order valence-electron chi connectivity index (χ1n) is 6.17. The van der Waals surface area contributed by atoms with Gasteiger partial charge in [0.1, 0.15) is 10.6 Å². The van der Waals surface area contributed by atoms with Crippen molar-refractivity contribution in [1.29, 1.82) is 0 Å². The fourth-order valence-corrected chi connectivity index (χ4v) is 3.27. The van der Waals surface area contributed by atoms with Gasteiger partial charge >= 0.3 is 0 Å². The molecule has 0 aliphatic heterocycles. The van der Waals surface area contributed by atoms with Crippen LogP contribution in [0, 0.1) is 13.8 Å². The van der Waals surface area contributed by atoms with Gasteiger partial charge in [-0.2, -0.15) is 0 Å². The van der Waals surface area contributed by atoms with Crippen LogP contribution < -0.4 is 9.46 Å². The summed E-state index contributed by atoms with van der Waals surface area (Å²) in [7, 11) is -2.22. The highest BCUT2D eigenvalue weighted by atomic mass is 32.2. The van der Waals surface area contributed by atoms with Gasteiger partial charge in [-0.25, -0.2) is 8.42 Å². The van der Waals surface area contributed by atoms with Gasteiger partial charge in [-0.1, -0.05) is 29.8 Å². The zero-order valence-corrected chi connectivity index (χ0v) is 12.5. The topological polar surface area (TPSA) is 55.4 Å². The Kier molecular flexibility index (Phi) is 3.99. The zero-order chi connectivity index (χ0) is 14.8. The maximum absolute atomic E-state index is 12.4. The van der Waals surface area contributed by atoms with Gasteiger partial charge in [0.05, 0.1) is 12.8 Å². The highest BCUT2D eigenvalue weighted by Crippen LogP contribution is 2.26. The van der Waals surface area contributed by atoms with Crippen LogP contribution in [0.4, 0.5) is 5.69 Å². The molecule has 1 N–H and O–H groups in total. The Morgan fingerprint density at radius 1 is 1.05 bits per heavy atom. The molecule has 4 nitrogen and oxygen atoms in total. The molecule has 0 fully saturated rings. The lowest BCUT2D eigenvalue weighted by atomic mass is 10.1. The molecule has 0 aromatic heterocycles. The van der Waals surface area contributed by atoms with E-state index in [4.69, 9.17) is 4.74 Å². The van der Waals surface area contributed by atoms with Gasteiger partial charge in [0.25, 0.3) is 10.0 Å². The zero-order valence-electron chi connectivity index (χ0n) is 11.7. The SMILES string of the molecule is COc1ccccc1S(=O)(=O)Nc1ccc(C)cc1C. The van der Waals surface area contributed by atoms with Crippen LogP contribution in [0.25, 0.3) is 0 Å². The Bertz CT molecular complexity index is 724. The minimum atomic E-state index is -3.67. The fraction of sp³-hybridized carbons (Fsp3) is 0.200. The first-order chi connectivity index (χ1) is 9.44. The molecular weight excluding hydrogens is 274 g/mol. The summed E-state index contributed by atoms with van der Waals surface area (Å²) < 4.78 is 32.6. The summed E-state index contributed by atoms with van der Waals surface area (Å²) in [4.78, 5) is 0.127. The van der Waals surface area contributed by atoms with E-state index in [0.29, 0.717) is 11.4 Å². The molecule has 0 aliphatic rings. The van der Waals surface area contributed by atoms with Gasteiger partial charge in [-0.05, 0) is 37.6 Å². The van der Waals surface area contributed by atoms with E-state index in [2.05, 4.69) is 4.72 Å². The molecule has 0 saturated carbocycles. The number of anilines is 1. The van der Waals surface area contributed by atoms with E-state index < -0.39 is 10.0 Å². The van der Waals surface area contributed by atoms with Gasteiger partial charge in [0.2, 0.25) is 0 Å². The fourth-order valence-electron chi connectivity index (χ4n) is 1.97. The summed E-state index contributed by atoms with van der Waals surface area (Å²) in [6.07, 6.45) is 0. The summed E-state index contributed by atoms with van der Waals surface area (Å²) in [5, 5.41) is 0. The number of para-hydroxylation sites is 1. The maximum atomic E-state index is 12.4. The molecule has 0 radical (unpaired) electrons. The van der Waals surface area contributed by atoms with Crippen molar-refractivity contribution in [2.75, 3.05) is 11.8 Å². The van der Waals surface area contributed by atoms with Gasteiger partial charge in [0, 0.05) is 0 Å². The van der Waals surface area contributed by atoms with Crippen molar-refractivity contribution in [1.82, 2.24) is 0 Å². The predicted molar refractivity (Wildman–Crippen MR) is 79.7 cm³/mol. The molecule has 0 atom stereocenters. The van der Waals surface area contributed by atoms with E-state index in [9.17, 15) is 8.42 Å². The maximum Gasteiger partial charge on any atom is 0.265 e. The third-order valence-electron chi connectivity index (χ3n) is 2.98. The van der Waals surface area contributed by atoms with E-state index in [-0.39, 0.29) is 4.90 Å². The number of methoxy groups -OCH3 is 1. The molecule has 2 aromatic carbocycles. The average molecular weight is 291 g/mol. The summed E-state index contributed by atoms with van der Waals surface area (Å²) in [6.45, 7) is 3.83. The van der Waals surface area contributed by atoms with Crippen molar-refractivity contribution in [3.63, 3.8) is 0 Å². The second-order valence-electron chi connectivity index (χ2n) is 4.57. The van der Waals surface area contributed by atoms with Crippen molar-refractivity contribution in [3.05, 3.63) is 53.6 Å². The quantitative estimate of drug-likeness (QED) is 0.941. The predicted octanol–water partition coefficient (Wildman–Crippen LogP) is 3.11. The molecule has 0 aliphatic carbocycles. The van der Waals surface area contributed by atoms with Gasteiger partial charge in [-0.15, -0.1) is 0 Å². The lowest BCUT2D eigenvalue weighted by Gasteiger charge is -2.13. The molecule has 5 heteroatoms. The second-order valence-corrected chi connectivity index (χ2v) is 6.23. The van der Waals surface area contributed by atoms with Gasteiger partial charge in [-0.3, -0.25) is 4.72 Å². The molecule has 20 heavy (non-hydrogen) atoms. The van der Waals surface area contributed by atoms with Crippen LogP contribution in [-0.4, -0.2) is 15.5 Å². The highest BCUT2D eigenvalue weighted by molar-refractivity contribution is 7.92. The molecule has 0 spiro atoms. The molecule has 0 saturated heterocycles. The summed E-state index contributed by atoms with van der Waals surface area (Å²) in [6, 6.07) is 12.1. The smallest absolute Gasteiger partial charge is 0.265 e. The minimum absolute atomic E-state index is 0.127. The van der Waals surface area contributed by atoms with Crippen molar-refractivity contribution >= 4 is 15.7 Å². The number of sulfonamides is 1. The molecular formula is C15H17NO3S. The third-order valence-corrected chi connectivity index (χ3v) is 4.39. The Labute approximate surface area is 119 Å². The minimum Gasteiger partial charge on any atom is -0.495 e. The van der Waals surface area contributed by atoms with Crippen LogP contribution in [0.3, 0.4) is 0 Å². The lowest BCUT2D eigenvalue weighted by molar-refractivity contribution is 0.403. The van der Waals surface area contributed by atoms with E-state index in [1.165, 1.54) is 13.2 Å². The van der Waals surface area contributed by atoms with Crippen molar-refractivity contribution < 1.29 is 13.2 Å². The van der Waals surface area contributed by atoms with Gasteiger partial charge < -0.3 is 4.74 Å². The number of nitrogens with one attached hydrogen (secondary N) is 1. The van der Waals surface area contributed by atoms with Crippen molar-refractivity contribution in [3.8, 4) is 5.75 Å². The van der Waals surface area contributed by atoms with Gasteiger partial charge in [0.15, 0.2) is 0 Å². The molecule has 2 rings (SSSR count). The average Bonchev–Trinajstić information content (AvgIpc) is 2.42. The van der Waals surface area contributed by atoms with Crippen molar-refractivity contribution in [2.24, 2.45) is 0 Å². The Hall–Kier alpha value is -2.01. The van der Waals surface area contributed by atoms with Crippen molar-refractivity contribution in [2.45, 2.75) is 18.7 Å². The summed E-state index contributed by atoms with van der Waals surface area (Å²) in [5.41, 5.74) is 2.53. The van der Waals surface area contributed by atoms with E-state index in [1.807, 2.05) is 26.0 Å². The van der Waals surface area contributed by atoms with Crippen LogP contribution in [-0.2, 0) is 10.0 Å². The molecule has 0 bridgehead atoms. The first-order valence-corrected chi connectivity index (χ1v) is 7.65. The number of aryl methyl sites for hydroxylation is 2. The standard InChI is InChI=1S/C15H17NO3S/c1-11-8-9-13(12(2)10-11)16-20(17,18)15-7-5-4-6-14(15)19-3/h4-10,16H,1-3H3. The van der Waals surface area contributed by atoms with Crippen LogP contribution in [0.5, 0.6) is 5.75 Å². The monoisotopic (exact) mass is 291 g/mol. The first kappa shape index (κ1) is 14.4. The van der Waals surface area contributed by atoms with E-state index >= 15 is 0 Å². The third kappa shape index (κ3) is 2.93. The molecule has 106 valence electrons. The summed E-state index contributed by atoms with van der Waals surface area (Å²) >= 11 is 0. The van der Waals surface area contributed by atoms with Crippen LogP contribution in [0.1, 0.15) is 11.1 Å². The number of benzene rings is 2. The number of rotatable bonds is 4. The Morgan fingerprint density at radius 2 is 1.75 bits per heavy atom. The highest BCUT2D eigenvalue weighted by Gasteiger charge is 2.19. The Balaban J connectivity index is 2.41. The van der Waals surface area contributed by atoms with Crippen LogP contribution >= 0.6 is 0 Å². The largest absolute Gasteiger partial charge is 0.495 e. The molecule has 0 heterocycles. The number of hydrogen-bond acceptors (Lipinski definition) is 3. The molecule has 0 unspecified atom stereocenters. The van der Waals surface area contributed by atoms with E-state index in [1.54, 1.807) is 24.3 Å². The normalized spacial score (nSPS) is 11.2. The summed E-state index contributed by atoms with van der Waals surface area (Å²) in [5.74, 6) is 0.324. The van der Waals surface area contributed by atoms with Crippen LogP contribution in [0.15, 0.2) is 47.4 Å². The molecule has 0 amide bonds.